The minimum Gasteiger partial charge on any atom is -0.345 e. The van der Waals surface area contributed by atoms with Gasteiger partial charge in [-0.25, -0.2) is 0 Å². The number of halogens is 2. The molecule has 0 aliphatic heterocycles. The zero-order valence-corrected chi connectivity index (χ0v) is 14.5. The van der Waals surface area contributed by atoms with E-state index in [9.17, 15) is 9.59 Å². The Bertz CT molecular complexity index is 635. The number of hydrogen-bond donors (Lipinski definition) is 2. The minimum atomic E-state index is -0.704. The van der Waals surface area contributed by atoms with E-state index in [0.717, 1.165) is 12.3 Å². The van der Waals surface area contributed by atoms with Crippen molar-refractivity contribution in [1.82, 2.24) is 5.32 Å². The molecule has 2 amide bonds. The van der Waals surface area contributed by atoms with Gasteiger partial charge in [-0.3, -0.25) is 9.59 Å². The molecule has 2 N–H and O–H groups in total. The summed E-state index contributed by atoms with van der Waals surface area (Å²) < 4.78 is 0. The first-order valence-electron chi connectivity index (χ1n) is 8.01. The number of fused-ring (bicyclic) bond motifs is 2. The predicted molar refractivity (Wildman–Crippen MR) is 91.6 cm³/mol. The van der Waals surface area contributed by atoms with E-state index in [1.165, 1.54) is 25.3 Å². The Morgan fingerprint density at radius 1 is 1.17 bits per heavy atom. The molecular formula is C17H20Cl2N2O2. The van der Waals surface area contributed by atoms with E-state index in [-0.39, 0.29) is 6.04 Å². The molecule has 2 saturated carbocycles. The van der Waals surface area contributed by atoms with Crippen molar-refractivity contribution in [1.29, 1.82) is 0 Å². The first-order valence-corrected chi connectivity index (χ1v) is 8.76. The third-order valence-corrected chi connectivity index (χ3v) is 5.73. The summed E-state index contributed by atoms with van der Waals surface area (Å²) >= 11 is 11.8. The minimum absolute atomic E-state index is 0.0178. The van der Waals surface area contributed by atoms with E-state index >= 15 is 0 Å². The van der Waals surface area contributed by atoms with Crippen LogP contribution in [0.2, 0.25) is 10.0 Å². The molecule has 1 aromatic rings. The zero-order chi connectivity index (χ0) is 16.6. The zero-order valence-electron chi connectivity index (χ0n) is 12.9. The maximum absolute atomic E-state index is 12.1. The summed E-state index contributed by atoms with van der Waals surface area (Å²) in [4.78, 5) is 24.2. The van der Waals surface area contributed by atoms with Crippen LogP contribution in [0.1, 0.15) is 32.6 Å². The van der Waals surface area contributed by atoms with E-state index in [1.54, 1.807) is 12.1 Å². The van der Waals surface area contributed by atoms with Crippen LogP contribution in [0.25, 0.3) is 0 Å². The Morgan fingerprint density at radius 2 is 1.96 bits per heavy atom. The Morgan fingerprint density at radius 3 is 2.57 bits per heavy atom. The molecule has 4 unspecified atom stereocenters. The molecule has 0 heterocycles. The summed E-state index contributed by atoms with van der Waals surface area (Å²) in [7, 11) is 0. The molecule has 23 heavy (non-hydrogen) atoms. The molecule has 2 aliphatic carbocycles. The van der Waals surface area contributed by atoms with Crippen molar-refractivity contribution < 1.29 is 9.59 Å². The van der Waals surface area contributed by atoms with Crippen molar-refractivity contribution in [2.75, 3.05) is 5.32 Å². The molecule has 2 aliphatic rings. The third kappa shape index (κ3) is 3.64. The van der Waals surface area contributed by atoms with E-state index in [1.807, 2.05) is 6.92 Å². The first-order chi connectivity index (χ1) is 10.9. The number of amides is 2. The molecule has 4 nitrogen and oxygen atoms in total. The summed E-state index contributed by atoms with van der Waals surface area (Å²) in [6.45, 7) is 1.99. The summed E-state index contributed by atoms with van der Waals surface area (Å²) in [5, 5.41) is 6.14. The molecule has 0 saturated heterocycles. The Kier molecular flexibility index (Phi) is 4.83. The lowest BCUT2D eigenvalue weighted by Crippen LogP contribution is -2.45. The molecule has 124 valence electrons. The second-order valence-electron chi connectivity index (χ2n) is 6.68. The van der Waals surface area contributed by atoms with Crippen molar-refractivity contribution in [2.45, 2.75) is 38.6 Å². The Balaban J connectivity index is 1.56. The normalized spacial score (nSPS) is 26.8. The maximum atomic E-state index is 12.1. The van der Waals surface area contributed by atoms with Crippen molar-refractivity contribution in [3.8, 4) is 0 Å². The van der Waals surface area contributed by atoms with Crippen LogP contribution in [0.5, 0.6) is 0 Å². The number of carbonyl (C=O) groups is 2. The topological polar surface area (TPSA) is 58.2 Å². The van der Waals surface area contributed by atoms with Crippen molar-refractivity contribution in [2.24, 2.45) is 17.8 Å². The van der Waals surface area contributed by atoms with Gasteiger partial charge in [0.15, 0.2) is 0 Å². The van der Waals surface area contributed by atoms with Crippen LogP contribution >= 0.6 is 23.2 Å². The lowest BCUT2D eigenvalue weighted by molar-refractivity contribution is -0.136. The molecule has 2 fully saturated rings. The molecule has 4 atom stereocenters. The molecule has 1 aromatic carbocycles. The van der Waals surface area contributed by atoms with Crippen molar-refractivity contribution >= 4 is 40.7 Å². The van der Waals surface area contributed by atoms with Gasteiger partial charge in [0.25, 0.3) is 0 Å². The number of carbonyl (C=O) groups excluding carboxylic acids is 2. The number of benzene rings is 1. The summed E-state index contributed by atoms with van der Waals surface area (Å²) in [6.07, 6.45) is 5.01. The van der Waals surface area contributed by atoms with Gasteiger partial charge in [-0.1, -0.05) is 29.6 Å². The lowest BCUT2D eigenvalue weighted by atomic mass is 9.84. The van der Waals surface area contributed by atoms with E-state index in [0.29, 0.717) is 27.6 Å². The highest BCUT2D eigenvalue weighted by atomic mass is 35.5. The molecule has 2 bridgehead atoms. The van der Waals surface area contributed by atoms with Gasteiger partial charge in [0.2, 0.25) is 0 Å². The van der Waals surface area contributed by atoms with Crippen LogP contribution < -0.4 is 10.6 Å². The second-order valence-corrected chi connectivity index (χ2v) is 7.52. The fourth-order valence-corrected chi connectivity index (χ4v) is 4.51. The molecule has 0 radical (unpaired) electrons. The van der Waals surface area contributed by atoms with Gasteiger partial charge in [0, 0.05) is 11.1 Å². The molecular weight excluding hydrogens is 335 g/mol. The van der Waals surface area contributed by atoms with Gasteiger partial charge in [-0.2, -0.15) is 0 Å². The monoisotopic (exact) mass is 354 g/mol. The van der Waals surface area contributed by atoms with E-state index < -0.39 is 11.8 Å². The summed E-state index contributed by atoms with van der Waals surface area (Å²) in [6, 6.07) is 4.73. The molecule has 3 rings (SSSR count). The van der Waals surface area contributed by atoms with Gasteiger partial charge in [-0.15, -0.1) is 0 Å². The first kappa shape index (κ1) is 16.6. The van der Waals surface area contributed by atoms with Gasteiger partial charge in [0.1, 0.15) is 0 Å². The number of anilines is 1. The van der Waals surface area contributed by atoms with Crippen molar-refractivity contribution in [3.05, 3.63) is 28.2 Å². The number of hydrogen-bond acceptors (Lipinski definition) is 2. The Hall–Kier alpha value is -1.26. The van der Waals surface area contributed by atoms with Crippen molar-refractivity contribution in [3.63, 3.8) is 0 Å². The molecule has 6 heteroatoms. The van der Waals surface area contributed by atoms with Gasteiger partial charge in [0.05, 0.1) is 10.7 Å². The standard InChI is InChI=1S/C17H20Cl2N2O2/c1-9(13-7-10-2-3-11(13)6-10)20-16(22)17(23)21-15-5-4-12(18)8-14(15)19/h4-5,8-11,13H,2-3,6-7H2,1H3,(H,20,22)(H,21,23). The average molecular weight is 355 g/mol. The van der Waals surface area contributed by atoms with Gasteiger partial charge in [-0.05, 0) is 62.1 Å². The third-order valence-electron chi connectivity index (χ3n) is 5.18. The van der Waals surface area contributed by atoms with E-state index in [4.69, 9.17) is 23.2 Å². The van der Waals surface area contributed by atoms with Crippen LogP contribution in [0.4, 0.5) is 5.69 Å². The number of rotatable bonds is 3. The van der Waals surface area contributed by atoms with Crippen LogP contribution in [0, 0.1) is 17.8 Å². The molecule has 0 spiro atoms. The lowest BCUT2D eigenvalue weighted by Gasteiger charge is -2.28. The highest BCUT2D eigenvalue weighted by molar-refractivity contribution is 6.42. The Labute approximate surface area is 145 Å². The molecule has 0 aromatic heterocycles. The van der Waals surface area contributed by atoms with Crippen LogP contribution in [0.15, 0.2) is 18.2 Å². The summed E-state index contributed by atoms with van der Waals surface area (Å²) in [5.74, 6) is 0.676. The maximum Gasteiger partial charge on any atom is 0.313 e. The van der Waals surface area contributed by atoms with Gasteiger partial charge >= 0.3 is 11.8 Å². The quantitative estimate of drug-likeness (QED) is 0.809. The highest BCUT2D eigenvalue weighted by Gasteiger charge is 2.42. The SMILES string of the molecule is CC(NC(=O)C(=O)Nc1ccc(Cl)cc1Cl)C1CC2CCC1C2. The average Bonchev–Trinajstić information content (AvgIpc) is 3.12. The van der Waals surface area contributed by atoms with Crippen LogP contribution in [-0.2, 0) is 9.59 Å². The van der Waals surface area contributed by atoms with Crippen LogP contribution in [-0.4, -0.2) is 17.9 Å². The predicted octanol–water partition coefficient (Wildman–Crippen LogP) is 3.87. The largest absolute Gasteiger partial charge is 0.345 e. The highest BCUT2D eigenvalue weighted by Crippen LogP contribution is 2.49. The van der Waals surface area contributed by atoms with Crippen LogP contribution in [0.3, 0.4) is 0 Å². The summed E-state index contributed by atoms with van der Waals surface area (Å²) in [5.41, 5.74) is 0.379. The number of nitrogens with one attached hydrogen (secondary N) is 2. The second kappa shape index (κ2) is 6.70. The fraction of sp³-hybridized carbons (Fsp3) is 0.529. The van der Waals surface area contributed by atoms with E-state index in [2.05, 4.69) is 10.6 Å². The smallest absolute Gasteiger partial charge is 0.313 e. The van der Waals surface area contributed by atoms with Gasteiger partial charge < -0.3 is 10.6 Å². The fourth-order valence-electron chi connectivity index (χ4n) is 4.06.